The zero-order chi connectivity index (χ0) is 17.8. The summed E-state index contributed by atoms with van der Waals surface area (Å²) >= 11 is 0. The van der Waals surface area contributed by atoms with Gasteiger partial charge in [-0.3, -0.25) is 4.79 Å². The van der Waals surface area contributed by atoms with Crippen LogP contribution < -0.4 is 4.74 Å². The van der Waals surface area contributed by atoms with Crippen LogP contribution in [0, 0.1) is 0 Å². The maximum absolute atomic E-state index is 13.3. The molecular formula is C21H21N3O2. The van der Waals surface area contributed by atoms with Gasteiger partial charge in [0.1, 0.15) is 5.56 Å². The number of fused-ring (bicyclic) bond motifs is 1. The third kappa shape index (κ3) is 3.47. The summed E-state index contributed by atoms with van der Waals surface area (Å²) in [5.74, 6) is 0.535. The normalized spacial score (nSPS) is 12.9. The summed E-state index contributed by atoms with van der Waals surface area (Å²) in [6.07, 6.45) is 2.55. The van der Waals surface area contributed by atoms with Crippen LogP contribution in [0.2, 0.25) is 0 Å². The molecule has 3 aromatic rings. The summed E-state index contributed by atoms with van der Waals surface area (Å²) in [5, 5.41) is 4.32. The minimum Gasteiger partial charge on any atom is -0.477 e. The van der Waals surface area contributed by atoms with Crippen LogP contribution in [0.1, 0.15) is 27.9 Å². The first-order chi connectivity index (χ1) is 12.8. The summed E-state index contributed by atoms with van der Waals surface area (Å²) in [7, 11) is 0. The fourth-order valence-corrected chi connectivity index (χ4v) is 3.19. The highest BCUT2D eigenvalue weighted by atomic mass is 16.5. The molecule has 5 heteroatoms. The van der Waals surface area contributed by atoms with Crippen molar-refractivity contribution in [2.75, 3.05) is 6.61 Å². The number of ether oxygens (including phenoxy) is 1. The number of benzene rings is 2. The molecule has 0 unspecified atom stereocenters. The summed E-state index contributed by atoms with van der Waals surface area (Å²) in [6, 6.07) is 20.1. The summed E-state index contributed by atoms with van der Waals surface area (Å²) in [6.45, 7) is 2.50. The van der Waals surface area contributed by atoms with E-state index in [1.807, 2.05) is 65.6 Å². The molecular weight excluding hydrogens is 326 g/mol. The molecule has 1 aliphatic heterocycles. The Morgan fingerprint density at radius 2 is 1.62 bits per heavy atom. The van der Waals surface area contributed by atoms with E-state index in [4.69, 9.17) is 4.74 Å². The lowest BCUT2D eigenvalue weighted by atomic mass is 10.1. The molecule has 0 N–H and O–H groups in total. The van der Waals surface area contributed by atoms with E-state index in [9.17, 15) is 4.79 Å². The predicted octanol–water partition coefficient (Wildman–Crippen LogP) is 3.51. The van der Waals surface area contributed by atoms with Gasteiger partial charge in [-0.1, -0.05) is 60.7 Å². The van der Waals surface area contributed by atoms with Gasteiger partial charge in [0.2, 0.25) is 5.88 Å². The highest BCUT2D eigenvalue weighted by Gasteiger charge is 2.26. The highest BCUT2D eigenvalue weighted by molar-refractivity contribution is 5.96. The zero-order valence-electron chi connectivity index (χ0n) is 14.5. The maximum Gasteiger partial charge on any atom is 0.261 e. The fraction of sp³-hybridized carbons (Fsp3) is 0.238. The van der Waals surface area contributed by atoms with Gasteiger partial charge in [0.25, 0.3) is 5.91 Å². The first-order valence-corrected chi connectivity index (χ1v) is 8.87. The topological polar surface area (TPSA) is 47.4 Å². The Morgan fingerprint density at radius 1 is 1.00 bits per heavy atom. The third-order valence-electron chi connectivity index (χ3n) is 4.49. The lowest BCUT2D eigenvalue weighted by molar-refractivity contribution is 0.0723. The largest absolute Gasteiger partial charge is 0.477 e. The molecule has 1 aromatic heterocycles. The van der Waals surface area contributed by atoms with Crippen molar-refractivity contribution in [3.8, 4) is 5.88 Å². The summed E-state index contributed by atoms with van der Waals surface area (Å²) < 4.78 is 7.50. The number of hydrogen-bond donors (Lipinski definition) is 0. The predicted molar refractivity (Wildman–Crippen MR) is 98.8 cm³/mol. The van der Waals surface area contributed by atoms with Crippen molar-refractivity contribution in [3.05, 3.63) is 83.6 Å². The SMILES string of the molecule is O=C(c1cnn2c1OCCC2)N(Cc1ccccc1)Cc1ccccc1. The van der Waals surface area contributed by atoms with Crippen LogP contribution in [0.4, 0.5) is 0 Å². The van der Waals surface area contributed by atoms with E-state index in [1.165, 1.54) is 0 Å². The Balaban J connectivity index is 1.63. The van der Waals surface area contributed by atoms with E-state index < -0.39 is 0 Å². The van der Waals surface area contributed by atoms with Crippen LogP contribution in [0.25, 0.3) is 0 Å². The van der Waals surface area contributed by atoms with Crippen molar-refractivity contribution in [1.82, 2.24) is 14.7 Å². The molecule has 4 rings (SSSR count). The average Bonchev–Trinajstić information content (AvgIpc) is 3.13. The van der Waals surface area contributed by atoms with Crippen molar-refractivity contribution in [1.29, 1.82) is 0 Å². The van der Waals surface area contributed by atoms with E-state index in [1.54, 1.807) is 10.9 Å². The van der Waals surface area contributed by atoms with Gasteiger partial charge < -0.3 is 9.64 Å². The average molecular weight is 347 g/mol. The van der Waals surface area contributed by atoms with Gasteiger partial charge in [-0.25, -0.2) is 4.68 Å². The molecule has 5 nitrogen and oxygen atoms in total. The Labute approximate surface area is 152 Å². The molecule has 2 aromatic carbocycles. The van der Waals surface area contributed by atoms with Gasteiger partial charge in [-0.2, -0.15) is 5.10 Å². The minimum atomic E-state index is -0.0548. The number of hydrogen-bond acceptors (Lipinski definition) is 3. The molecule has 0 saturated carbocycles. The van der Waals surface area contributed by atoms with Crippen LogP contribution in [0.3, 0.4) is 0 Å². The van der Waals surface area contributed by atoms with Crippen LogP contribution in [0.5, 0.6) is 5.88 Å². The second kappa shape index (κ2) is 7.44. The number of aromatic nitrogens is 2. The van der Waals surface area contributed by atoms with Crippen molar-refractivity contribution in [2.45, 2.75) is 26.1 Å². The monoisotopic (exact) mass is 347 g/mol. The summed E-state index contributed by atoms with van der Waals surface area (Å²) in [5.41, 5.74) is 2.73. The minimum absolute atomic E-state index is 0.0548. The van der Waals surface area contributed by atoms with Gasteiger partial charge in [0, 0.05) is 26.1 Å². The van der Waals surface area contributed by atoms with Crippen molar-refractivity contribution in [3.63, 3.8) is 0 Å². The second-order valence-corrected chi connectivity index (χ2v) is 6.42. The number of nitrogens with zero attached hydrogens (tertiary/aromatic N) is 3. The molecule has 1 amide bonds. The Hall–Kier alpha value is -3.08. The molecule has 132 valence electrons. The number of aryl methyl sites for hydroxylation is 1. The number of carbonyl (C=O) groups excluding carboxylic acids is 1. The maximum atomic E-state index is 13.3. The molecule has 0 bridgehead atoms. The Kier molecular flexibility index (Phi) is 4.69. The lowest BCUT2D eigenvalue weighted by Gasteiger charge is -2.24. The molecule has 0 saturated heterocycles. The van der Waals surface area contributed by atoms with Gasteiger partial charge in [-0.05, 0) is 11.1 Å². The number of rotatable bonds is 5. The molecule has 0 aliphatic carbocycles. The van der Waals surface area contributed by atoms with Crippen LogP contribution in [0.15, 0.2) is 66.9 Å². The number of carbonyl (C=O) groups is 1. The van der Waals surface area contributed by atoms with E-state index in [0.717, 1.165) is 24.1 Å². The Morgan fingerprint density at radius 3 is 2.23 bits per heavy atom. The second-order valence-electron chi connectivity index (χ2n) is 6.42. The van der Waals surface area contributed by atoms with E-state index in [-0.39, 0.29) is 5.91 Å². The van der Waals surface area contributed by atoms with E-state index in [0.29, 0.717) is 31.1 Å². The first-order valence-electron chi connectivity index (χ1n) is 8.87. The fourth-order valence-electron chi connectivity index (χ4n) is 3.19. The van der Waals surface area contributed by atoms with Gasteiger partial charge in [0.15, 0.2) is 0 Å². The van der Waals surface area contributed by atoms with E-state index >= 15 is 0 Å². The standard InChI is InChI=1S/C21H21N3O2/c25-20(19-14-22-24-12-7-13-26-21(19)24)23(15-17-8-3-1-4-9-17)16-18-10-5-2-6-11-18/h1-6,8-11,14H,7,12-13,15-16H2. The lowest BCUT2D eigenvalue weighted by Crippen LogP contribution is -2.30. The molecule has 1 aliphatic rings. The molecule has 26 heavy (non-hydrogen) atoms. The number of amides is 1. The van der Waals surface area contributed by atoms with Crippen LogP contribution >= 0.6 is 0 Å². The molecule has 0 spiro atoms. The van der Waals surface area contributed by atoms with Crippen LogP contribution in [-0.2, 0) is 19.6 Å². The molecule has 0 fully saturated rings. The third-order valence-corrected chi connectivity index (χ3v) is 4.49. The molecule has 0 atom stereocenters. The first kappa shape index (κ1) is 16.4. The van der Waals surface area contributed by atoms with Crippen LogP contribution in [-0.4, -0.2) is 27.2 Å². The quantitative estimate of drug-likeness (QED) is 0.710. The van der Waals surface area contributed by atoms with E-state index in [2.05, 4.69) is 5.10 Å². The van der Waals surface area contributed by atoms with Crippen molar-refractivity contribution >= 4 is 5.91 Å². The zero-order valence-corrected chi connectivity index (χ0v) is 14.5. The van der Waals surface area contributed by atoms with Gasteiger partial charge in [-0.15, -0.1) is 0 Å². The van der Waals surface area contributed by atoms with Crippen molar-refractivity contribution < 1.29 is 9.53 Å². The Bertz CT molecular complexity index is 833. The smallest absolute Gasteiger partial charge is 0.261 e. The van der Waals surface area contributed by atoms with Crippen molar-refractivity contribution in [2.24, 2.45) is 0 Å². The molecule has 0 radical (unpaired) electrons. The van der Waals surface area contributed by atoms with Gasteiger partial charge in [0.05, 0.1) is 12.8 Å². The summed E-state index contributed by atoms with van der Waals surface area (Å²) in [4.78, 5) is 15.1. The molecule has 2 heterocycles. The van der Waals surface area contributed by atoms with Gasteiger partial charge >= 0.3 is 0 Å². The highest BCUT2D eigenvalue weighted by Crippen LogP contribution is 2.25.